The zero-order valence-corrected chi connectivity index (χ0v) is 12.2. The molecule has 0 bridgehead atoms. The molecule has 1 aromatic heterocycles. The van der Waals surface area contributed by atoms with Crippen LogP contribution in [0.1, 0.15) is 31.3 Å². The highest BCUT2D eigenvalue weighted by atomic mass is 19.4. The third-order valence-corrected chi connectivity index (χ3v) is 3.38. The van der Waals surface area contributed by atoms with Gasteiger partial charge in [0.05, 0.1) is 0 Å². The Kier molecular flexibility index (Phi) is 4.55. The van der Waals surface area contributed by atoms with Crippen molar-refractivity contribution in [1.29, 1.82) is 0 Å². The first-order chi connectivity index (χ1) is 10.2. The lowest BCUT2D eigenvalue weighted by atomic mass is 10.1. The summed E-state index contributed by atoms with van der Waals surface area (Å²) in [6.07, 6.45) is -4.64. The van der Waals surface area contributed by atoms with E-state index in [2.05, 4.69) is 15.3 Å². The van der Waals surface area contributed by atoms with Gasteiger partial charge in [-0.05, 0) is 5.92 Å². The van der Waals surface area contributed by atoms with E-state index in [9.17, 15) is 18.0 Å². The number of hydrogen-bond acceptors (Lipinski definition) is 5. The fourth-order valence-corrected chi connectivity index (χ4v) is 2.16. The summed E-state index contributed by atoms with van der Waals surface area (Å²) < 4.78 is 38.8. The normalized spacial score (nSPS) is 19.5. The van der Waals surface area contributed by atoms with Crippen molar-refractivity contribution >= 4 is 11.8 Å². The number of aliphatic carboxylic acids is 1. The maximum atomic E-state index is 12.9. The first-order valence-electron chi connectivity index (χ1n) is 6.86. The van der Waals surface area contributed by atoms with Crippen LogP contribution in [-0.4, -0.2) is 46.7 Å². The second-order valence-corrected chi connectivity index (χ2v) is 5.42. The van der Waals surface area contributed by atoms with Gasteiger partial charge in [-0.25, -0.2) is 9.97 Å². The van der Waals surface area contributed by atoms with Crippen molar-refractivity contribution in [2.45, 2.75) is 32.0 Å². The molecule has 1 fully saturated rings. The monoisotopic (exact) mass is 318 g/mol. The van der Waals surface area contributed by atoms with Gasteiger partial charge in [0.1, 0.15) is 11.9 Å². The number of carbonyl (C=O) groups is 1. The van der Waals surface area contributed by atoms with Crippen LogP contribution in [0.2, 0.25) is 0 Å². The summed E-state index contributed by atoms with van der Waals surface area (Å²) in [5, 5.41) is 11.8. The van der Waals surface area contributed by atoms with E-state index in [1.54, 1.807) is 13.8 Å². The Morgan fingerprint density at radius 2 is 2.14 bits per heavy atom. The largest absolute Gasteiger partial charge is 0.480 e. The van der Waals surface area contributed by atoms with Crippen molar-refractivity contribution in [3.8, 4) is 0 Å². The SMILES string of the molecule is CC(C)c1cc(N2CCN[C@H](C(=O)O)C2)nc(C(F)(F)F)n1. The molecule has 0 saturated carbocycles. The lowest BCUT2D eigenvalue weighted by Crippen LogP contribution is -2.54. The van der Waals surface area contributed by atoms with Gasteiger partial charge < -0.3 is 15.3 Å². The molecule has 1 aliphatic rings. The Morgan fingerprint density at radius 3 is 2.68 bits per heavy atom. The second kappa shape index (κ2) is 6.07. The van der Waals surface area contributed by atoms with Crippen molar-refractivity contribution < 1.29 is 23.1 Å². The van der Waals surface area contributed by atoms with Crippen LogP contribution in [0.25, 0.3) is 0 Å². The lowest BCUT2D eigenvalue weighted by Gasteiger charge is -2.33. The maximum Gasteiger partial charge on any atom is 0.451 e. The number of carboxylic acids is 1. The molecule has 22 heavy (non-hydrogen) atoms. The predicted molar refractivity (Wildman–Crippen MR) is 72.8 cm³/mol. The molecule has 122 valence electrons. The number of aromatic nitrogens is 2. The van der Waals surface area contributed by atoms with Gasteiger partial charge in [0.25, 0.3) is 0 Å². The summed E-state index contributed by atoms with van der Waals surface area (Å²) in [5.74, 6) is -2.32. The Labute approximate surface area is 125 Å². The number of piperazine rings is 1. The number of alkyl halides is 3. The van der Waals surface area contributed by atoms with Gasteiger partial charge in [0, 0.05) is 31.4 Å². The number of anilines is 1. The first-order valence-corrected chi connectivity index (χ1v) is 6.86. The van der Waals surface area contributed by atoms with Gasteiger partial charge in [0.15, 0.2) is 0 Å². The van der Waals surface area contributed by atoms with E-state index in [0.29, 0.717) is 13.1 Å². The van der Waals surface area contributed by atoms with Gasteiger partial charge in [-0.2, -0.15) is 13.2 Å². The first kappa shape index (κ1) is 16.5. The van der Waals surface area contributed by atoms with Crippen LogP contribution in [0.15, 0.2) is 6.07 Å². The molecule has 0 aliphatic carbocycles. The predicted octanol–water partition coefficient (Wildman–Crippen LogP) is 1.48. The smallest absolute Gasteiger partial charge is 0.451 e. The van der Waals surface area contributed by atoms with Crippen molar-refractivity contribution in [1.82, 2.24) is 15.3 Å². The quantitative estimate of drug-likeness (QED) is 0.879. The van der Waals surface area contributed by atoms with Gasteiger partial charge in [-0.3, -0.25) is 4.79 Å². The molecule has 0 radical (unpaired) electrons. The van der Waals surface area contributed by atoms with Gasteiger partial charge in [-0.1, -0.05) is 13.8 Å². The van der Waals surface area contributed by atoms with Crippen LogP contribution in [0.4, 0.5) is 19.0 Å². The number of rotatable bonds is 3. The molecule has 0 amide bonds. The van der Waals surface area contributed by atoms with Crippen LogP contribution in [0, 0.1) is 0 Å². The summed E-state index contributed by atoms with van der Waals surface area (Å²) in [4.78, 5) is 19.7. The third-order valence-electron chi connectivity index (χ3n) is 3.38. The Morgan fingerprint density at radius 1 is 1.45 bits per heavy atom. The maximum absolute atomic E-state index is 12.9. The van der Waals surface area contributed by atoms with E-state index >= 15 is 0 Å². The van der Waals surface area contributed by atoms with Crippen molar-refractivity contribution in [3.05, 3.63) is 17.6 Å². The van der Waals surface area contributed by atoms with Gasteiger partial charge >= 0.3 is 12.1 Å². The fraction of sp³-hybridized carbons (Fsp3) is 0.615. The minimum atomic E-state index is -4.64. The van der Waals surface area contributed by atoms with E-state index in [-0.39, 0.29) is 24.0 Å². The summed E-state index contributed by atoms with van der Waals surface area (Å²) in [7, 11) is 0. The van der Waals surface area contributed by atoms with E-state index < -0.39 is 24.0 Å². The third kappa shape index (κ3) is 3.65. The van der Waals surface area contributed by atoms with E-state index in [4.69, 9.17) is 5.11 Å². The van der Waals surface area contributed by atoms with Crippen LogP contribution >= 0.6 is 0 Å². The summed E-state index contributed by atoms with van der Waals surface area (Å²) in [6.45, 7) is 4.28. The minimum absolute atomic E-state index is 0.0567. The van der Waals surface area contributed by atoms with Crippen LogP contribution in [0.5, 0.6) is 0 Å². The summed E-state index contributed by atoms with van der Waals surface area (Å²) >= 11 is 0. The molecule has 0 aromatic carbocycles. The molecule has 0 spiro atoms. The molecular formula is C13H17F3N4O2. The summed E-state index contributed by atoms with van der Waals surface area (Å²) in [5.41, 5.74) is 0.280. The zero-order chi connectivity index (χ0) is 16.5. The average Bonchev–Trinajstić information content (AvgIpc) is 2.46. The molecule has 2 heterocycles. The molecule has 0 unspecified atom stereocenters. The van der Waals surface area contributed by atoms with Crippen LogP contribution in [-0.2, 0) is 11.0 Å². The number of halogens is 3. The van der Waals surface area contributed by atoms with Gasteiger partial charge in [0.2, 0.25) is 5.82 Å². The molecule has 1 atom stereocenters. The molecule has 9 heteroatoms. The molecule has 1 aromatic rings. The molecule has 2 N–H and O–H groups in total. The molecule has 2 rings (SSSR count). The van der Waals surface area contributed by atoms with E-state index in [1.165, 1.54) is 11.0 Å². The Balaban J connectivity index is 2.37. The fourth-order valence-electron chi connectivity index (χ4n) is 2.16. The molecule has 1 saturated heterocycles. The van der Waals surface area contributed by atoms with Crippen molar-refractivity contribution in [2.75, 3.05) is 24.5 Å². The highest BCUT2D eigenvalue weighted by molar-refractivity contribution is 5.74. The molecular weight excluding hydrogens is 301 g/mol. The number of nitrogens with one attached hydrogen (secondary N) is 1. The topological polar surface area (TPSA) is 78.4 Å². The highest BCUT2D eigenvalue weighted by Crippen LogP contribution is 2.29. The zero-order valence-electron chi connectivity index (χ0n) is 12.2. The molecule has 6 nitrogen and oxygen atoms in total. The van der Waals surface area contributed by atoms with E-state index in [0.717, 1.165) is 0 Å². The van der Waals surface area contributed by atoms with E-state index in [1.807, 2.05) is 0 Å². The Bertz CT molecular complexity index is 563. The van der Waals surface area contributed by atoms with Crippen molar-refractivity contribution in [2.24, 2.45) is 0 Å². The van der Waals surface area contributed by atoms with Gasteiger partial charge in [-0.15, -0.1) is 0 Å². The summed E-state index contributed by atoms with van der Waals surface area (Å²) in [6, 6.07) is 0.657. The Hall–Kier alpha value is -1.90. The van der Waals surface area contributed by atoms with Crippen LogP contribution in [0.3, 0.4) is 0 Å². The lowest BCUT2D eigenvalue weighted by molar-refractivity contribution is -0.145. The van der Waals surface area contributed by atoms with Crippen molar-refractivity contribution in [3.63, 3.8) is 0 Å². The second-order valence-electron chi connectivity index (χ2n) is 5.42. The van der Waals surface area contributed by atoms with Crippen LogP contribution < -0.4 is 10.2 Å². The number of nitrogens with zero attached hydrogens (tertiary/aromatic N) is 3. The average molecular weight is 318 g/mol. The number of carboxylic acid groups (broad SMARTS) is 1. The molecule has 1 aliphatic heterocycles. The number of hydrogen-bond donors (Lipinski definition) is 2. The standard InChI is InChI=1S/C13H17F3N4O2/c1-7(2)8-5-10(19-12(18-8)13(14,15)16)20-4-3-17-9(6-20)11(21)22/h5,7,9,17H,3-4,6H2,1-2H3,(H,21,22)/t9-/m0/s1. The minimum Gasteiger partial charge on any atom is -0.480 e. The highest BCUT2D eigenvalue weighted by Gasteiger charge is 2.36.